The Morgan fingerprint density at radius 1 is 1.46 bits per heavy atom. The van der Waals surface area contributed by atoms with E-state index in [1.807, 2.05) is 13.8 Å². The van der Waals surface area contributed by atoms with Gasteiger partial charge in [0, 0.05) is 6.20 Å². The quantitative estimate of drug-likeness (QED) is 0.702. The van der Waals surface area contributed by atoms with Gasteiger partial charge in [0.1, 0.15) is 0 Å². The highest BCUT2D eigenvalue weighted by Gasteiger charge is 2.07. The van der Waals surface area contributed by atoms with Crippen LogP contribution in [0.4, 0.5) is 0 Å². The lowest BCUT2D eigenvalue weighted by Crippen LogP contribution is -2.16. The topological polar surface area (TPSA) is 49.9 Å². The van der Waals surface area contributed by atoms with Crippen molar-refractivity contribution in [3.05, 3.63) is 33.7 Å². The lowest BCUT2D eigenvalue weighted by Gasteiger charge is -2.04. The molecule has 0 fully saturated rings. The van der Waals surface area contributed by atoms with Gasteiger partial charge in [0.25, 0.3) is 5.56 Å². The van der Waals surface area contributed by atoms with Crippen molar-refractivity contribution in [3.63, 3.8) is 0 Å². The monoisotopic (exact) mass is 179 g/mol. The van der Waals surface area contributed by atoms with E-state index in [4.69, 9.17) is 0 Å². The molecule has 1 aromatic rings. The van der Waals surface area contributed by atoms with E-state index in [0.717, 1.165) is 5.56 Å². The number of nitrogens with one attached hydrogen (secondary N) is 1. The molecule has 0 aliphatic rings. The first-order valence-corrected chi connectivity index (χ1v) is 4.26. The molecule has 3 heteroatoms. The Kier molecular flexibility index (Phi) is 2.66. The summed E-state index contributed by atoms with van der Waals surface area (Å²) in [7, 11) is 0. The van der Waals surface area contributed by atoms with Gasteiger partial charge < -0.3 is 4.98 Å². The molecule has 3 nitrogen and oxygen atoms in total. The third kappa shape index (κ3) is 2.05. The highest BCUT2D eigenvalue weighted by molar-refractivity contribution is 5.93. The van der Waals surface area contributed by atoms with Crippen LogP contribution in [0.5, 0.6) is 0 Å². The molecule has 0 bridgehead atoms. The number of hydrogen-bond acceptors (Lipinski definition) is 2. The van der Waals surface area contributed by atoms with Crippen molar-refractivity contribution >= 4 is 5.78 Å². The lowest BCUT2D eigenvalue weighted by molar-refractivity contribution is 0.101. The molecule has 0 aliphatic carbocycles. The van der Waals surface area contributed by atoms with Gasteiger partial charge in [0.05, 0.1) is 5.56 Å². The molecule has 0 amide bonds. The van der Waals surface area contributed by atoms with Crippen molar-refractivity contribution in [2.24, 2.45) is 0 Å². The minimum atomic E-state index is -0.308. The number of H-pyrrole nitrogens is 1. The third-order valence-electron chi connectivity index (χ3n) is 1.97. The number of rotatable bonds is 2. The second-order valence-electron chi connectivity index (χ2n) is 3.39. The van der Waals surface area contributed by atoms with E-state index in [-0.39, 0.29) is 16.9 Å². The summed E-state index contributed by atoms with van der Waals surface area (Å²) in [6.45, 7) is 5.42. The zero-order chi connectivity index (χ0) is 10.0. The zero-order valence-corrected chi connectivity index (χ0v) is 8.05. The van der Waals surface area contributed by atoms with Gasteiger partial charge in [0.2, 0.25) is 0 Å². The van der Waals surface area contributed by atoms with E-state index >= 15 is 0 Å². The summed E-state index contributed by atoms with van der Waals surface area (Å²) < 4.78 is 0. The zero-order valence-electron chi connectivity index (χ0n) is 8.05. The number of carbonyl (C=O) groups excluding carboxylic acids is 1. The first-order valence-electron chi connectivity index (χ1n) is 4.26. The molecule has 0 atom stereocenters. The lowest BCUT2D eigenvalue weighted by atomic mass is 10.0. The van der Waals surface area contributed by atoms with Crippen molar-refractivity contribution in [2.75, 3.05) is 0 Å². The van der Waals surface area contributed by atoms with Crippen LogP contribution in [-0.2, 0) is 0 Å². The Morgan fingerprint density at radius 2 is 2.08 bits per heavy atom. The molecule has 1 aromatic heterocycles. The Bertz CT molecular complexity index is 377. The Labute approximate surface area is 76.8 Å². The van der Waals surface area contributed by atoms with Crippen LogP contribution in [0.15, 0.2) is 17.1 Å². The number of pyridine rings is 1. The summed E-state index contributed by atoms with van der Waals surface area (Å²) in [5.74, 6) is 0.124. The molecule has 0 aromatic carbocycles. The van der Waals surface area contributed by atoms with Crippen molar-refractivity contribution in [3.8, 4) is 0 Å². The summed E-state index contributed by atoms with van der Waals surface area (Å²) in [6.07, 6.45) is 1.65. The molecule has 0 saturated carbocycles. The second-order valence-corrected chi connectivity index (χ2v) is 3.39. The molecule has 70 valence electrons. The first-order chi connectivity index (χ1) is 6.02. The van der Waals surface area contributed by atoms with E-state index in [1.54, 1.807) is 12.3 Å². The standard InChI is InChI=1S/C10H13NO2/c1-6(2)8-4-9(7(3)12)10(13)11-5-8/h4-6H,1-3H3,(H,11,13). The number of aromatic amines is 1. The Hall–Kier alpha value is -1.38. The maximum atomic E-state index is 11.2. The maximum absolute atomic E-state index is 11.2. The van der Waals surface area contributed by atoms with E-state index in [1.165, 1.54) is 6.92 Å². The van der Waals surface area contributed by atoms with E-state index < -0.39 is 0 Å². The molecule has 1 rings (SSSR count). The van der Waals surface area contributed by atoms with Crippen LogP contribution in [0.2, 0.25) is 0 Å². The van der Waals surface area contributed by atoms with Gasteiger partial charge in [-0.25, -0.2) is 0 Å². The predicted octanol–water partition coefficient (Wildman–Crippen LogP) is 1.70. The van der Waals surface area contributed by atoms with Crippen molar-refractivity contribution < 1.29 is 4.79 Å². The molecule has 1 heterocycles. The summed E-state index contributed by atoms with van der Waals surface area (Å²) in [4.78, 5) is 24.7. The molecular weight excluding hydrogens is 166 g/mol. The summed E-state index contributed by atoms with van der Waals surface area (Å²) in [5, 5.41) is 0. The molecule has 0 radical (unpaired) electrons. The molecule has 1 N–H and O–H groups in total. The van der Waals surface area contributed by atoms with Crippen LogP contribution in [0.3, 0.4) is 0 Å². The molecule has 0 saturated heterocycles. The Morgan fingerprint density at radius 3 is 2.54 bits per heavy atom. The predicted molar refractivity (Wildman–Crippen MR) is 51.2 cm³/mol. The number of aromatic nitrogens is 1. The van der Waals surface area contributed by atoms with Crippen LogP contribution in [0.25, 0.3) is 0 Å². The maximum Gasteiger partial charge on any atom is 0.258 e. The summed E-state index contributed by atoms with van der Waals surface area (Å²) >= 11 is 0. The van der Waals surface area contributed by atoms with Crippen LogP contribution >= 0.6 is 0 Å². The number of Topliss-reactive ketones (excluding diaryl/α,β-unsaturated/α-hetero) is 1. The fourth-order valence-electron chi connectivity index (χ4n) is 1.10. The van der Waals surface area contributed by atoms with Crippen molar-refractivity contribution in [1.82, 2.24) is 4.98 Å². The normalized spacial score (nSPS) is 10.5. The minimum absolute atomic E-state index is 0.191. The largest absolute Gasteiger partial charge is 0.328 e. The highest BCUT2D eigenvalue weighted by Crippen LogP contribution is 2.12. The van der Waals surface area contributed by atoms with Crippen molar-refractivity contribution in [2.45, 2.75) is 26.7 Å². The van der Waals surface area contributed by atoms with Crippen molar-refractivity contribution in [1.29, 1.82) is 0 Å². The number of carbonyl (C=O) groups is 1. The van der Waals surface area contributed by atoms with Gasteiger partial charge in [-0.3, -0.25) is 9.59 Å². The van der Waals surface area contributed by atoms with E-state index in [9.17, 15) is 9.59 Å². The van der Waals surface area contributed by atoms with E-state index in [2.05, 4.69) is 4.98 Å². The molecule has 0 unspecified atom stereocenters. The summed E-state index contributed by atoms with van der Waals surface area (Å²) in [6, 6.07) is 1.66. The second kappa shape index (κ2) is 3.56. The first kappa shape index (κ1) is 9.71. The fourth-order valence-corrected chi connectivity index (χ4v) is 1.10. The average molecular weight is 179 g/mol. The molecule has 0 aliphatic heterocycles. The molecular formula is C10H13NO2. The Balaban J connectivity index is 3.27. The van der Waals surface area contributed by atoms with Crippen LogP contribution in [0.1, 0.15) is 42.6 Å². The van der Waals surface area contributed by atoms with Gasteiger partial charge in [0.15, 0.2) is 5.78 Å². The third-order valence-corrected chi connectivity index (χ3v) is 1.97. The molecule has 0 spiro atoms. The van der Waals surface area contributed by atoms with Crippen LogP contribution < -0.4 is 5.56 Å². The van der Waals surface area contributed by atoms with Crippen LogP contribution in [-0.4, -0.2) is 10.8 Å². The fraction of sp³-hybridized carbons (Fsp3) is 0.400. The number of ketones is 1. The smallest absolute Gasteiger partial charge is 0.258 e. The van der Waals surface area contributed by atoms with Crippen LogP contribution in [0, 0.1) is 0 Å². The van der Waals surface area contributed by atoms with E-state index in [0.29, 0.717) is 5.92 Å². The SMILES string of the molecule is CC(=O)c1cc(C(C)C)c[nH]c1=O. The molecule has 13 heavy (non-hydrogen) atoms. The minimum Gasteiger partial charge on any atom is -0.328 e. The van der Waals surface area contributed by atoms with Gasteiger partial charge in [-0.05, 0) is 24.5 Å². The number of hydrogen-bond donors (Lipinski definition) is 1. The highest BCUT2D eigenvalue weighted by atomic mass is 16.1. The average Bonchev–Trinajstić information content (AvgIpc) is 2.04. The summed E-state index contributed by atoms with van der Waals surface area (Å²) in [5.41, 5.74) is 0.910. The van der Waals surface area contributed by atoms with Gasteiger partial charge >= 0.3 is 0 Å². The van der Waals surface area contributed by atoms with Gasteiger partial charge in [-0.15, -0.1) is 0 Å². The van der Waals surface area contributed by atoms with Gasteiger partial charge in [-0.1, -0.05) is 13.8 Å². The van der Waals surface area contributed by atoms with Gasteiger partial charge in [-0.2, -0.15) is 0 Å².